The van der Waals surface area contributed by atoms with Crippen molar-refractivity contribution in [2.24, 2.45) is 0 Å². The Bertz CT molecular complexity index is 695. The van der Waals surface area contributed by atoms with Crippen LogP contribution in [-0.2, 0) is 11.3 Å². The number of hydrogen-bond donors (Lipinski definition) is 1. The molecule has 1 saturated heterocycles. The average Bonchev–Trinajstić information content (AvgIpc) is 2.89. The van der Waals surface area contributed by atoms with Gasteiger partial charge in [0.15, 0.2) is 0 Å². The maximum atomic E-state index is 10.2. The molecule has 0 aliphatic carbocycles. The van der Waals surface area contributed by atoms with Crippen LogP contribution in [-0.4, -0.2) is 59.2 Å². The summed E-state index contributed by atoms with van der Waals surface area (Å²) in [5.74, 6) is 0.812. The first-order valence-electron chi connectivity index (χ1n) is 8.69. The van der Waals surface area contributed by atoms with Gasteiger partial charge >= 0.3 is 0 Å². The third-order valence-corrected chi connectivity index (χ3v) is 4.56. The average molecular weight is 345 g/mol. The number of aliphatic hydroxyl groups is 1. The van der Waals surface area contributed by atoms with E-state index in [4.69, 9.17) is 9.47 Å². The van der Waals surface area contributed by atoms with Gasteiger partial charge < -0.3 is 14.6 Å². The zero-order valence-corrected chi connectivity index (χ0v) is 15.2. The van der Waals surface area contributed by atoms with Crippen molar-refractivity contribution in [3.63, 3.8) is 0 Å². The Morgan fingerprint density at radius 2 is 2.04 bits per heavy atom. The number of rotatable bonds is 8. The largest absolute Gasteiger partial charge is 0.496 e. The number of ether oxygens (including phenoxy) is 2. The summed E-state index contributed by atoms with van der Waals surface area (Å²) in [5.41, 5.74) is 3.24. The van der Waals surface area contributed by atoms with E-state index in [-0.39, 0.29) is 0 Å². The van der Waals surface area contributed by atoms with Crippen LogP contribution in [0, 0.1) is 13.8 Å². The lowest BCUT2D eigenvalue weighted by Gasteiger charge is -2.40. The van der Waals surface area contributed by atoms with Crippen LogP contribution >= 0.6 is 0 Å². The molecule has 1 atom stereocenters. The number of aliphatic hydroxyl groups excluding tert-OH is 1. The highest BCUT2D eigenvalue weighted by molar-refractivity contribution is 5.32. The Morgan fingerprint density at radius 1 is 1.28 bits per heavy atom. The summed E-state index contributed by atoms with van der Waals surface area (Å²) in [6.45, 7) is 7.33. The molecule has 1 fully saturated rings. The summed E-state index contributed by atoms with van der Waals surface area (Å²) in [5, 5.41) is 14.7. The van der Waals surface area contributed by atoms with Gasteiger partial charge in [-0.2, -0.15) is 5.10 Å². The first kappa shape index (κ1) is 17.9. The van der Waals surface area contributed by atoms with Gasteiger partial charge in [-0.25, -0.2) is 0 Å². The van der Waals surface area contributed by atoms with E-state index in [1.54, 1.807) is 7.11 Å². The third kappa shape index (κ3) is 4.39. The Labute approximate surface area is 149 Å². The maximum Gasteiger partial charge on any atom is 0.124 e. The van der Waals surface area contributed by atoms with Crippen molar-refractivity contribution in [3.05, 3.63) is 47.3 Å². The molecular weight excluding hydrogens is 318 g/mol. The van der Waals surface area contributed by atoms with Crippen molar-refractivity contribution in [1.82, 2.24) is 14.7 Å². The number of benzene rings is 1. The van der Waals surface area contributed by atoms with Gasteiger partial charge in [0.05, 0.1) is 38.2 Å². The highest BCUT2D eigenvalue weighted by Gasteiger charge is 2.30. The van der Waals surface area contributed by atoms with E-state index in [1.807, 2.05) is 31.2 Å². The van der Waals surface area contributed by atoms with Crippen LogP contribution in [0.1, 0.15) is 23.0 Å². The summed E-state index contributed by atoms with van der Waals surface area (Å²) in [4.78, 5) is 2.23. The zero-order valence-electron chi connectivity index (χ0n) is 15.2. The molecule has 0 amide bonds. The molecule has 136 valence electrons. The fourth-order valence-electron chi connectivity index (χ4n) is 3.34. The highest BCUT2D eigenvalue weighted by atomic mass is 16.5. The molecule has 1 aliphatic heterocycles. The molecule has 1 aliphatic rings. The first-order chi connectivity index (χ1) is 12.1. The molecule has 6 nitrogen and oxygen atoms in total. The number of methoxy groups -OCH3 is 1. The van der Waals surface area contributed by atoms with Crippen LogP contribution in [0.4, 0.5) is 0 Å². The van der Waals surface area contributed by atoms with Crippen LogP contribution in [0.5, 0.6) is 5.75 Å². The Hall–Kier alpha value is -1.89. The van der Waals surface area contributed by atoms with Gasteiger partial charge in [-0.3, -0.25) is 9.58 Å². The van der Waals surface area contributed by atoms with Gasteiger partial charge in [-0.1, -0.05) is 18.2 Å². The minimum Gasteiger partial charge on any atom is -0.496 e. The van der Waals surface area contributed by atoms with E-state index in [0.29, 0.717) is 25.8 Å². The minimum absolute atomic E-state index is 0.319. The lowest BCUT2D eigenvalue weighted by atomic mass is 10.1. The molecule has 0 bridgehead atoms. The number of likely N-dealkylation sites (tertiary alicyclic amines) is 1. The van der Waals surface area contributed by atoms with Crippen LogP contribution in [0.25, 0.3) is 0 Å². The number of para-hydroxylation sites is 1. The van der Waals surface area contributed by atoms with E-state index >= 15 is 0 Å². The van der Waals surface area contributed by atoms with E-state index in [9.17, 15) is 5.11 Å². The normalized spacial score (nSPS) is 16.6. The minimum atomic E-state index is -0.490. The predicted octanol–water partition coefficient (Wildman–Crippen LogP) is 1.94. The summed E-state index contributed by atoms with van der Waals surface area (Å²) >= 11 is 0. The van der Waals surface area contributed by atoms with Gasteiger partial charge in [-0.15, -0.1) is 0 Å². The zero-order chi connectivity index (χ0) is 17.8. The van der Waals surface area contributed by atoms with Gasteiger partial charge in [0.2, 0.25) is 0 Å². The number of aryl methyl sites for hydroxylation is 2. The SMILES string of the molecule is COc1ccccc1COCC(O)CN1CC(n2nc(C)cc2C)C1. The van der Waals surface area contributed by atoms with E-state index in [2.05, 4.69) is 27.7 Å². The second-order valence-electron chi connectivity index (χ2n) is 6.72. The molecule has 0 radical (unpaired) electrons. The Morgan fingerprint density at radius 3 is 2.72 bits per heavy atom. The number of β-amino-alcohol motifs (C(OH)–C–C–N with tert-alkyl or cyclic N) is 1. The lowest BCUT2D eigenvalue weighted by molar-refractivity contribution is -0.0139. The van der Waals surface area contributed by atoms with E-state index in [0.717, 1.165) is 30.1 Å². The molecular formula is C19H27N3O3. The molecule has 2 heterocycles. The van der Waals surface area contributed by atoms with Crippen LogP contribution in [0.2, 0.25) is 0 Å². The molecule has 0 spiro atoms. The van der Waals surface area contributed by atoms with Crippen molar-refractivity contribution in [3.8, 4) is 5.75 Å². The van der Waals surface area contributed by atoms with E-state index in [1.165, 1.54) is 5.69 Å². The van der Waals surface area contributed by atoms with E-state index < -0.39 is 6.10 Å². The molecule has 25 heavy (non-hydrogen) atoms. The second kappa shape index (κ2) is 7.99. The molecule has 1 aromatic carbocycles. The molecule has 1 unspecified atom stereocenters. The number of nitrogens with zero attached hydrogens (tertiary/aromatic N) is 3. The number of hydrogen-bond acceptors (Lipinski definition) is 5. The van der Waals surface area contributed by atoms with Crippen molar-refractivity contribution in [1.29, 1.82) is 0 Å². The van der Waals surface area contributed by atoms with Gasteiger partial charge in [-0.05, 0) is 26.0 Å². The molecule has 1 aromatic heterocycles. The van der Waals surface area contributed by atoms with Gasteiger partial charge in [0.1, 0.15) is 5.75 Å². The first-order valence-corrected chi connectivity index (χ1v) is 8.69. The van der Waals surface area contributed by atoms with Crippen LogP contribution in [0.15, 0.2) is 30.3 Å². The fraction of sp³-hybridized carbons (Fsp3) is 0.526. The summed E-state index contributed by atoms with van der Waals surface area (Å²) in [7, 11) is 1.65. The van der Waals surface area contributed by atoms with Gasteiger partial charge in [0, 0.05) is 30.9 Å². The predicted molar refractivity (Wildman–Crippen MR) is 95.8 cm³/mol. The van der Waals surface area contributed by atoms with Crippen molar-refractivity contribution >= 4 is 0 Å². The quantitative estimate of drug-likeness (QED) is 0.792. The Kier molecular flexibility index (Phi) is 5.73. The lowest BCUT2D eigenvalue weighted by Crippen LogP contribution is -2.51. The molecule has 3 rings (SSSR count). The Balaban J connectivity index is 1.38. The summed E-state index contributed by atoms with van der Waals surface area (Å²) in [6, 6.07) is 10.3. The topological polar surface area (TPSA) is 59.8 Å². The van der Waals surface area contributed by atoms with Crippen molar-refractivity contribution in [2.45, 2.75) is 32.6 Å². The molecule has 2 aromatic rings. The third-order valence-electron chi connectivity index (χ3n) is 4.56. The van der Waals surface area contributed by atoms with Crippen molar-refractivity contribution < 1.29 is 14.6 Å². The monoisotopic (exact) mass is 345 g/mol. The standard InChI is InChI=1S/C19H27N3O3/c1-14-8-15(2)22(20-14)17-9-21(10-17)11-18(23)13-25-12-16-6-4-5-7-19(16)24-3/h4-8,17-18,23H,9-13H2,1-3H3. The van der Waals surface area contributed by atoms with Gasteiger partial charge in [0.25, 0.3) is 0 Å². The fourth-order valence-corrected chi connectivity index (χ4v) is 3.34. The molecule has 6 heteroatoms. The number of aromatic nitrogens is 2. The summed E-state index contributed by atoms with van der Waals surface area (Å²) < 4.78 is 13.0. The summed E-state index contributed by atoms with van der Waals surface area (Å²) in [6.07, 6.45) is -0.490. The maximum absolute atomic E-state index is 10.2. The second-order valence-corrected chi connectivity index (χ2v) is 6.72. The molecule has 1 N–H and O–H groups in total. The highest BCUT2D eigenvalue weighted by Crippen LogP contribution is 2.23. The van der Waals surface area contributed by atoms with Crippen LogP contribution in [0.3, 0.4) is 0 Å². The van der Waals surface area contributed by atoms with Crippen LogP contribution < -0.4 is 4.74 Å². The molecule has 0 saturated carbocycles. The smallest absolute Gasteiger partial charge is 0.124 e. The van der Waals surface area contributed by atoms with Crippen molar-refractivity contribution in [2.75, 3.05) is 33.4 Å².